The van der Waals surface area contributed by atoms with Crippen molar-refractivity contribution in [1.29, 1.82) is 0 Å². The van der Waals surface area contributed by atoms with Crippen molar-refractivity contribution >= 4 is 33.2 Å². The Morgan fingerprint density at radius 1 is 1.38 bits per heavy atom. The predicted octanol–water partition coefficient (Wildman–Crippen LogP) is -1.68. The molecule has 1 aromatic rings. The van der Waals surface area contributed by atoms with Crippen LogP contribution < -0.4 is 10.5 Å². The normalized spacial score (nSPS) is 21.2. The van der Waals surface area contributed by atoms with Crippen LogP contribution >= 0.6 is 11.3 Å². The van der Waals surface area contributed by atoms with Gasteiger partial charge in [0, 0.05) is 6.42 Å². The standard InChI is InChI=1S/C6H6N4O4S2/c7-16(13,14)6-10-9-5(15-6)2-1-3(11)8-4(2)12/h2H,1H2,(H2,7,13,14)(H,8,11,12). The van der Waals surface area contributed by atoms with Crippen molar-refractivity contribution in [3.63, 3.8) is 0 Å². The summed E-state index contributed by atoms with van der Waals surface area (Å²) in [6.07, 6.45) is -0.0436. The van der Waals surface area contributed by atoms with E-state index in [1.807, 2.05) is 0 Å². The molecular formula is C6H6N4O4S2. The number of rotatable bonds is 2. The van der Waals surface area contributed by atoms with Crippen LogP contribution in [0, 0.1) is 0 Å². The molecule has 1 aromatic heterocycles. The number of aromatic nitrogens is 2. The quantitative estimate of drug-likeness (QED) is 0.611. The number of sulfonamides is 1. The summed E-state index contributed by atoms with van der Waals surface area (Å²) in [6.45, 7) is 0. The highest BCUT2D eigenvalue weighted by Gasteiger charge is 2.35. The number of nitrogens with one attached hydrogen (secondary N) is 1. The molecule has 1 atom stereocenters. The number of carbonyl (C=O) groups excluding carboxylic acids is 2. The molecule has 0 aromatic carbocycles. The summed E-state index contributed by atoms with van der Waals surface area (Å²) in [7, 11) is -3.91. The van der Waals surface area contributed by atoms with E-state index in [0.29, 0.717) is 11.3 Å². The second-order valence-corrected chi connectivity index (χ2v) is 5.86. The van der Waals surface area contributed by atoms with E-state index in [4.69, 9.17) is 5.14 Å². The highest BCUT2D eigenvalue weighted by Crippen LogP contribution is 2.27. The predicted molar refractivity (Wildman–Crippen MR) is 51.8 cm³/mol. The molecule has 2 amide bonds. The van der Waals surface area contributed by atoms with Gasteiger partial charge in [0.05, 0.1) is 0 Å². The van der Waals surface area contributed by atoms with E-state index in [1.54, 1.807) is 0 Å². The first-order chi connectivity index (χ1) is 7.38. The van der Waals surface area contributed by atoms with Crippen molar-refractivity contribution < 1.29 is 18.0 Å². The lowest BCUT2D eigenvalue weighted by molar-refractivity contribution is -0.125. The van der Waals surface area contributed by atoms with Crippen LogP contribution in [0.15, 0.2) is 4.34 Å². The summed E-state index contributed by atoms with van der Waals surface area (Å²) in [5, 5.41) is 14.0. The Hall–Kier alpha value is -1.39. The van der Waals surface area contributed by atoms with Crippen molar-refractivity contribution in [2.45, 2.75) is 16.7 Å². The molecule has 2 heterocycles. The lowest BCUT2D eigenvalue weighted by Gasteiger charge is -1.97. The molecule has 16 heavy (non-hydrogen) atoms. The van der Waals surface area contributed by atoms with Gasteiger partial charge in [-0.3, -0.25) is 14.9 Å². The van der Waals surface area contributed by atoms with Crippen molar-refractivity contribution in [2.24, 2.45) is 5.14 Å². The first-order valence-electron chi connectivity index (χ1n) is 4.08. The van der Waals surface area contributed by atoms with Crippen LogP contribution in [0.3, 0.4) is 0 Å². The topological polar surface area (TPSA) is 132 Å². The molecule has 1 unspecified atom stereocenters. The maximum atomic E-state index is 11.3. The fourth-order valence-electron chi connectivity index (χ4n) is 1.23. The monoisotopic (exact) mass is 262 g/mol. The first kappa shape index (κ1) is 11.1. The smallest absolute Gasteiger partial charge is 0.267 e. The number of primary sulfonamides is 1. The average molecular weight is 262 g/mol. The summed E-state index contributed by atoms with van der Waals surface area (Å²) in [5.41, 5.74) is 0. The summed E-state index contributed by atoms with van der Waals surface area (Å²) < 4.78 is 21.5. The van der Waals surface area contributed by atoms with Gasteiger partial charge >= 0.3 is 0 Å². The highest BCUT2D eigenvalue weighted by molar-refractivity contribution is 7.91. The van der Waals surface area contributed by atoms with Crippen LogP contribution in [0.25, 0.3) is 0 Å². The molecule has 10 heteroatoms. The molecule has 8 nitrogen and oxygen atoms in total. The van der Waals surface area contributed by atoms with E-state index < -0.39 is 27.8 Å². The van der Waals surface area contributed by atoms with Gasteiger partial charge in [0.15, 0.2) is 0 Å². The van der Waals surface area contributed by atoms with Crippen molar-refractivity contribution in [2.75, 3.05) is 0 Å². The van der Waals surface area contributed by atoms with Gasteiger partial charge in [-0.15, -0.1) is 10.2 Å². The molecule has 0 radical (unpaired) electrons. The van der Waals surface area contributed by atoms with Crippen molar-refractivity contribution in [1.82, 2.24) is 15.5 Å². The van der Waals surface area contributed by atoms with Crippen LogP contribution in [0.1, 0.15) is 17.3 Å². The van der Waals surface area contributed by atoms with Crippen molar-refractivity contribution in [3.05, 3.63) is 5.01 Å². The molecule has 0 saturated carbocycles. The number of nitrogens with two attached hydrogens (primary N) is 1. The van der Waals surface area contributed by atoms with Crippen LogP contribution in [0.4, 0.5) is 0 Å². The summed E-state index contributed by atoms with van der Waals surface area (Å²) >= 11 is 0.695. The lowest BCUT2D eigenvalue weighted by Crippen LogP contribution is -2.21. The molecule has 2 rings (SSSR count). The Kier molecular flexibility index (Phi) is 2.48. The van der Waals surface area contributed by atoms with E-state index in [0.717, 1.165) is 0 Å². The van der Waals surface area contributed by atoms with Crippen molar-refractivity contribution in [3.8, 4) is 0 Å². The molecule has 1 aliphatic rings. The zero-order chi connectivity index (χ0) is 11.9. The lowest BCUT2D eigenvalue weighted by atomic mass is 10.1. The molecule has 1 fully saturated rings. The van der Waals surface area contributed by atoms with Crippen LogP contribution in [-0.2, 0) is 19.6 Å². The van der Waals surface area contributed by atoms with Gasteiger partial charge < -0.3 is 0 Å². The molecule has 3 N–H and O–H groups in total. The maximum Gasteiger partial charge on any atom is 0.267 e. The minimum Gasteiger partial charge on any atom is -0.296 e. The second-order valence-electron chi connectivity index (χ2n) is 3.12. The van der Waals surface area contributed by atoms with Crippen LogP contribution in [-0.4, -0.2) is 30.4 Å². The Morgan fingerprint density at radius 2 is 2.06 bits per heavy atom. The third kappa shape index (κ3) is 1.94. The first-order valence-corrected chi connectivity index (χ1v) is 6.44. The zero-order valence-corrected chi connectivity index (χ0v) is 9.34. The summed E-state index contributed by atoms with van der Waals surface area (Å²) in [5.74, 6) is -1.68. The zero-order valence-electron chi connectivity index (χ0n) is 7.71. The number of hydrogen-bond donors (Lipinski definition) is 2. The van der Waals surface area contributed by atoms with E-state index in [2.05, 4.69) is 15.5 Å². The Labute approximate surface area is 93.9 Å². The number of amides is 2. The molecule has 1 saturated heterocycles. The minimum atomic E-state index is -3.91. The Balaban J connectivity index is 2.33. The van der Waals surface area contributed by atoms with Crippen LogP contribution in [0.5, 0.6) is 0 Å². The largest absolute Gasteiger partial charge is 0.296 e. The van der Waals surface area contributed by atoms with Gasteiger partial charge in [0.1, 0.15) is 10.9 Å². The molecular weight excluding hydrogens is 256 g/mol. The SMILES string of the molecule is NS(=O)(=O)c1nnc(C2CC(=O)NC2=O)s1. The molecule has 0 aliphatic carbocycles. The molecule has 1 aliphatic heterocycles. The maximum absolute atomic E-state index is 11.3. The van der Waals surface area contributed by atoms with Gasteiger partial charge in [0.2, 0.25) is 16.2 Å². The summed E-state index contributed by atoms with van der Waals surface area (Å²) in [6, 6.07) is 0. The van der Waals surface area contributed by atoms with Crippen LogP contribution in [0.2, 0.25) is 0 Å². The molecule has 0 spiro atoms. The van der Waals surface area contributed by atoms with E-state index in [1.165, 1.54) is 0 Å². The number of hydrogen-bond acceptors (Lipinski definition) is 7. The van der Waals surface area contributed by atoms with E-state index >= 15 is 0 Å². The highest BCUT2D eigenvalue weighted by atomic mass is 32.2. The third-order valence-corrected chi connectivity index (χ3v) is 4.28. The molecule has 86 valence electrons. The second kappa shape index (κ2) is 3.57. The van der Waals surface area contributed by atoms with Gasteiger partial charge in [-0.1, -0.05) is 11.3 Å². The third-order valence-electron chi connectivity index (χ3n) is 1.93. The minimum absolute atomic E-state index is 0.0436. The number of imide groups is 1. The number of nitrogens with zero attached hydrogens (tertiary/aromatic N) is 2. The number of carbonyl (C=O) groups is 2. The Morgan fingerprint density at radius 3 is 2.50 bits per heavy atom. The summed E-state index contributed by atoms with van der Waals surface area (Å²) in [4.78, 5) is 22.2. The van der Waals surface area contributed by atoms with Gasteiger partial charge in [0.25, 0.3) is 10.0 Å². The van der Waals surface area contributed by atoms with E-state index in [-0.39, 0.29) is 15.8 Å². The molecule has 0 bridgehead atoms. The fourth-order valence-corrected chi connectivity index (χ4v) is 2.78. The average Bonchev–Trinajstić information content (AvgIpc) is 2.70. The Bertz CT molecular complexity index is 563. The van der Waals surface area contributed by atoms with E-state index in [9.17, 15) is 18.0 Å². The fraction of sp³-hybridized carbons (Fsp3) is 0.333. The van der Waals surface area contributed by atoms with Gasteiger partial charge in [-0.25, -0.2) is 13.6 Å². The van der Waals surface area contributed by atoms with Gasteiger partial charge in [-0.2, -0.15) is 0 Å². The van der Waals surface area contributed by atoms with Gasteiger partial charge in [-0.05, 0) is 0 Å².